The van der Waals surface area contributed by atoms with E-state index in [1.54, 1.807) is 6.20 Å². The maximum atomic E-state index is 11.3. The molecule has 3 heterocycles. The zero-order valence-electron chi connectivity index (χ0n) is 16.3. The molecule has 0 radical (unpaired) electrons. The second kappa shape index (κ2) is 7.73. The molecule has 8 nitrogen and oxygen atoms in total. The van der Waals surface area contributed by atoms with Crippen LogP contribution in [0.1, 0.15) is 6.92 Å². The van der Waals surface area contributed by atoms with E-state index in [1.165, 1.54) is 6.92 Å². The van der Waals surface area contributed by atoms with Crippen LogP contribution < -0.4 is 15.5 Å². The number of carbonyl (C=O) groups excluding carboxylic acids is 1. The van der Waals surface area contributed by atoms with Crippen molar-refractivity contribution in [3.8, 4) is 11.3 Å². The van der Waals surface area contributed by atoms with Crippen LogP contribution in [-0.4, -0.2) is 67.5 Å². The van der Waals surface area contributed by atoms with Gasteiger partial charge in [0.2, 0.25) is 11.9 Å². The van der Waals surface area contributed by atoms with Gasteiger partial charge >= 0.3 is 0 Å². The average Bonchev–Trinajstić information content (AvgIpc) is 3.25. The Bertz CT molecular complexity index is 842. The number of nitrogens with one attached hydrogen (secondary N) is 2. The summed E-state index contributed by atoms with van der Waals surface area (Å²) in [5.74, 6) is 0.459. The SMILES string of the molecule is CC(=O)NC1COC2C(Nc3nccc(-c4ccc(N(C)C)cc4)n3)COC12. The topological polar surface area (TPSA) is 88.6 Å². The summed E-state index contributed by atoms with van der Waals surface area (Å²) < 4.78 is 11.7. The second-order valence-electron chi connectivity index (χ2n) is 7.36. The van der Waals surface area contributed by atoms with E-state index in [2.05, 4.69) is 37.6 Å². The summed E-state index contributed by atoms with van der Waals surface area (Å²) in [6.45, 7) is 2.44. The minimum Gasteiger partial charge on any atom is -0.378 e. The zero-order valence-corrected chi connectivity index (χ0v) is 16.3. The van der Waals surface area contributed by atoms with E-state index < -0.39 is 0 Å². The number of aromatic nitrogens is 2. The number of fused-ring (bicyclic) bond motifs is 1. The van der Waals surface area contributed by atoms with E-state index in [4.69, 9.17) is 9.47 Å². The fourth-order valence-electron chi connectivity index (χ4n) is 3.69. The van der Waals surface area contributed by atoms with Gasteiger partial charge in [-0.15, -0.1) is 0 Å². The quantitative estimate of drug-likeness (QED) is 0.804. The van der Waals surface area contributed by atoms with Crippen LogP contribution in [0.3, 0.4) is 0 Å². The van der Waals surface area contributed by atoms with Crippen molar-refractivity contribution < 1.29 is 14.3 Å². The molecular weight excluding hydrogens is 358 g/mol. The zero-order chi connectivity index (χ0) is 19.7. The molecule has 4 unspecified atom stereocenters. The summed E-state index contributed by atoms with van der Waals surface area (Å²) in [4.78, 5) is 22.4. The number of anilines is 2. The molecule has 2 saturated heterocycles. The fourth-order valence-corrected chi connectivity index (χ4v) is 3.69. The molecule has 4 rings (SSSR count). The van der Waals surface area contributed by atoms with Crippen molar-refractivity contribution in [1.82, 2.24) is 15.3 Å². The molecule has 2 N–H and O–H groups in total. The van der Waals surface area contributed by atoms with Gasteiger partial charge in [0.05, 0.1) is 31.0 Å². The summed E-state index contributed by atoms with van der Waals surface area (Å²) in [6.07, 6.45) is 1.46. The first-order valence-corrected chi connectivity index (χ1v) is 9.39. The van der Waals surface area contributed by atoms with E-state index in [0.717, 1.165) is 16.9 Å². The van der Waals surface area contributed by atoms with Crippen molar-refractivity contribution in [2.75, 3.05) is 37.5 Å². The van der Waals surface area contributed by atoms with Crippen LogP contribution in [0.4, 0.5) is 11.6 Å². The van der Waals surface area contributed by atoms with Crippen LogP contribution >= 0.6 is 0 Å². The molecule has 1 amide bonds. The van der Waals surface area contributed by atoms with Gasteiger partial charge in [-0.25, -0.2) is 9.97 Å². The first-order chi connectivity index (χ1) is 13.5. The van der Waals surface area contributed by atoms with Crippen molar-refractivity contribution in [2.24, 2.45) is 0 Å². The number of carbonyl (C=O) groups is 1. The highest BCUT2D eigenvalue weighted by Gasteiger charge is 2.48. The number of amides is 1. The van der Waals surface area contributed by atoms with Crippen molar-refractivity contribution in [3.63, 3.8) is 0 Å². The highest BCUT2D eigenvalue weighted by atomic mass is 16.6. The standard InChI is InChI=1S/C20H25N5O3/c1-12(26)22-16-10-27-19-17(11-28-18(16)19)24-20-21-9-8-15(23-20)13-4-6-14(7-5-13)25(2)3/h4-9,16-19H,10-11H2,1-3H3,(H,22,26)(H,21,23,24). The lowest BCUT2D eigenvalue weighted by molar-refractivity contribution is -0.120. The Balaban J connectivity index is 1.45. The summed E-state index contributed by atoms with van der Waals surface area (Å²) in [7, 11) is 4.03. The van der Waals surface area contributed by atoms with Crippen LogP contribution in [-0.2, 0) is 14.3 Å². The molecule has 2 aliphatic rings. The van der Waals surface area contributed by atoms with E-state index in [0.29, 0.717) is 19.2 Å². The van der Waals surface area contributed by atoms with Crippen molar-refractivity contribution >= 4 is 17.5 Å². The Labute approximate surface area is 164 Å². The largest absolute Gasteiger partial charge is 0.378 e. The number of hydrogen-bond acceptors (Lipinski definition) is 7. The minimum atomic E-state index is -0.150. The lowest BCUT2D eigenvalue weighted by Crippen LogP contribution is -2.44. The molecule has 0 saturated carbocycles. The molecule has 4 atom stereocenters. The third kappa shape index (κ3) is 3.79. The molecule has 0 aliphatic carbocycles. The summed E-state index contributed by atoms with van der Waals surface area (Å²) in [6, 6.07) is 9.95. The number of rotatable bonds is 5. The number of ether oxygens (including phenoxy) is 2. The summed E-state index contributed by atoms with van der Waals surface area (Å²) in [5.41, 5.74) is 3.01. The summed E-state index contributed by atoms with van der Waals surface area (Å²) in [5, 5.41) is 6.22. The Hall–Kier alpha value is -2.71. The van der Waals surface area contributed by atoms with Crippen molar-refractivity contribution in [2.45, 2.75) is 31.2 Å². The molecular formula is C20H25N5O3. The van der Waals surface area contributed by atoms with Gasteiger partial charge in [0.15, 0.2) is 0 Å². The maximum absolute atomic E-state index is 11.3. The molecule has 2 fully saturated rings. The molecule has 1 aromatic heterocycles. The van der Waals surface area contributed by atoms with Crippen molar-refractivity contribution in [3.05, 3.63) is 36.5 Å². The fraction of sp³-hybridized carbons (Fsp3) is 0.450. The smallest absolute Gasteiger partial charge is 0.223 e. The predicted octanol–water partition coefficient (Wildman–Crippen LogP) is 1.29. The Morgan fingerprint density at radius 1 is 1.07 bits per heavy atom. The van der Waals surface area contributed by atoms with Gasteiger partial charge in [0.25, 0.3) is 0 Å². The van der Waals surface area contributed by atoms with E-state index >= 15 is 0 Å². The van der Waals surface area contributed by atoms with Crippen LogP contribution in [0.15, 0.2) is 36.5 Å². The monoisotopic (exact) mass is 383 g/mol. The maximum Gasteiger partial charge on any atom is 0.223 e. The Morgan fingerprint density at radius 2 is 1.75 bits per heavy atom. The first-order valence-electron chi connectivity index (χ1n) is 9.39. The van der Waals surface area contributed by atoms with Crippen LogP contribution in [0.25, 0.3) is 11.3 Å². The van der Waals surface area contributed by atoms with E-state index in [-0.39, 0.29) is 30.2 Å². The normalized spacial score (nSPS) is 26.0. The van der Waals surface area contributed by atoms with Crippen molar-refractivity contribution in [1.29, 1.82) is 0 Å². The average molecular weight is 383 g/mol. The van der Waals surface area contributed by atoms with Gasteiger partial charge in [0.1, 0.15) is 12.2 Å². The van der Waals surface area contributed by atoms with Gasteiger partial charge in [0, 0.05) is 38.5 Å². The van der Waals surface area contributed by atoms with Gasteiger partial charge in [-0.2, -0.15) is 0 Å². The molecule has 8 heteroatoms. The lowest BCUT2D eigenvalue weighted by Gasteiger charge is -2.18. The lowest BCUT2D eigenvalue weighted by atomic mass is 10.1. The van der Waals surface area contributed by atoms with Crippen LogP contribution in [0, 0.1) is 0 Å². The van der Waals surface area contributed by atoms with Gasteiger partial charge in [-0.05, 0) is 18.2 Å². The predicted molar refractivity (Wildman–Crippen MR) is 106 cm³/mol. The second-order valence-corrected chi connectivity index (χ2v) is 7.36. The molecule has 148 valence electrons. The molecule has 28 heavy (non-hydrogen) atoms. The molecule has 1 aromatic carbocycles. The molecule has 0 bridgehead atoms. The number of hydrogen-bond donors (Lipinski definition) is 2. The Kier molecular flexibility index (Phi) is 5.15. The minimum absolute atomic E-state index is 0.0601. The van der Waals surface area contributed by atoms with Crippen LogP contribution in [0.2, 0.25) is 0 Å². The van der Waals surface area contributed by atoms with Crippen LogP contribution in [0.5, 0.6) is 0 Å². The molecule has 2 aromatic rings. The molecule has 0 spiro atoms. The van der Waals surface area contributed by atoms with Gasteiger partial charge < -0.3 is 25.0 Å². The third-order valence-electron chi connectivity index (χ3n) is 5.09. The first kappa shape index (κ1) is 18.6. The summed E-state index contributed by atoms with van der Waals surface area (Å²) >= 11 is 0. The highest BCUT2D eigenvalue weighted by Crippen LogP contribution is 2.29. The highest BCUT2D eigenvalue weighted by molar-refractivity contribution is 5.73. The van der Waals surface area contributed by atoms with Gasteiger partial charge in [-0.1, -0.05) is 12.1 Å². The third-order valence-corrected chi connectivity index (χ3v) is 5.09. The Morgan fingerprint density at radius 3 is 2.43 bits per heavy atom. The van der Waals surface area contributed by atoms with E-state index in [1.807, 2.05) is 32.3 Å². The van der Waals surface area contributed by atoms with E-state index in [9.17, 15) is 4.79 Å². The molecule has 2 aliphatic heterocycles. The number of nitrogens with zero attached hydrogens (tertiary/aromatic N) is 3. The van der Waals surface area contributed by atoms with Gasteiger partial charge in [-0.3, -0.25) is 4.79 Å². The number of benzene rings is 1.